The minimum absolute atomic E-state index is 0.188. The first kappa shape index (κ1) is 32.8. The molecule has 0 bridgehead atoms. The molecule has 45 heavy (non-hydrogen) atoms. The second kappa shape index (κ2) is 12.7. The third kappa shape index (κ3) is 6.55. The number of aliphatic hydroxyl groups is 1. The van der Waals surface area contributed by atoms with Crippen LogP contribution in [0.5, 0.6) is 5.75 Å². The number of aromatic amines is 1. The first-order valence-electron chi connectivity index (χ1n) is 13.6. The summed E-state index contributed by atoms with van der Waals surface area (Å²) in [7, 11) is 0. The zero-order valence-electron chi connectivity index (χ0n) is 24.1. The predicted molar refractivity (Wildman–Crippen MR) is 161 cm³/mol. The van der Waals surface area contributed by atoms with Gasteiger partial charge in [0.25, 0.3) is 12.0 Å². The van der Waals surface area contributed by atoms with Gasteiger partial charge in [-0.15, -0.1) is 0 Å². The zero-order valence-corrected chi connectivity index (χ0v) is 25.8. The van der Waals surface area contributed by atoms with E-state index in [0.717, 1.165) is 21.7 Å². The number of carbonyl (C=O) groups excluding carboxylic acids is 1. The number of esters is 1. The number of benzene rings is 2. The Labute approximate surface area is 259 Å². The van der Waals surface area contributed by atoms with Gasteiger partial charge < -0.3 is 29.4 Å². The molecule has 5 rings (SSSR count). The topological polar surface area (TPSA) is 176 Å². The van der Waals surface area contributed by atoms with E-state index in [4.69, 9.17) is 36.1 Å². The highest BCUT2D eigenvalue weighted by molar-refractivity contribution is 8.09. The maximum absolute atomic E-state index is 15.6. The van der Waals surface area contributed by atoms with Crippen molar-refractivity contribution in [2.45, 2.75) is 63.4 Å². The van der Waals surface area contributed by atoms with Gasteiger partial charge in [-0.05, 0) is 55.5 Å². The number of imidazole rings is 1. The zero-order chi connectivity index (χ0) is 32.7. The van der Waals surface area contributed by atoms with Crippen LogP contribution in [0.1, 0.15) is 27.0 Å². The smallest absolute Gasteiger partial charge is 0.323 e. The van der Waals surface area contributed by atoms with Gasteiger partial charge >= 0.3 is 12.6 Å². The Hall–Kier alpha value is -3.60. The van der Waals surface area contributed by atoms with Crippen LogP contribution in [0, 0.1) is 0 Å². The molecule has 0 aliphatic carbocycles. The summed E-state index contributed by atoms with van der Waals surface area (Å²) >= 11 is 5.65. The molecule has 3 heterocycles. The van der Waals surface area contributed by atoms with E-state index < -0.39 is 67.5 Å². The number of nitrogens with zero attached hydrogens (tertiary/aromatic N) is 3. The summed E-state index contributed by atoms with van der Waals surface area (Å²) in [5.74, 6) is -0.870. The lowest BCUT2D eigenvalue weighted by Gasteiger charge is -2.34. The van der Waals surface area contributed by atoms with E-state index in [1.165, 1.54) is 6.92 Å². The molecule has 1 aliphatic heterocycles. The van der Waals surface area contributed by atoms with Crippen LogP contribution in [0.25, 0.3) is 21.9 Å². The Balaban J connectivity index is 1.46. The Morgan fingerprint density at radius 1 is 1.27 bits per heavy atom. The molecule has 0 saturated carbocycles. The summed E-state index contributed by atoms with van der Waals surface area (Å²) in [6, 6.07) is 11.2. The van der Waals surface area contributed by atoms with Gasteiger partial charge in [-0.25, -0.2) is 23.2 Å². The maximum atomic E-state index is 15.6. The second-order valence-corrected chi connectivity index (χ2v) is 13.8. The number of nitrogens with two attached hydrogens (primary N) is 1. The molecule has 0 amide bonds. The summed E-state index contributed by atoms with van der Waals surface area (Å²) in [5, 5.41) is 15.2. The fraction of sp³-hybridized carbons (Fsp3) is 0.407. The van der Waals surface area contributed by atoms with Gasteiger partial charge in [0.1, 0.15) is 17.9 Å². The van der Waals surface area contributed by atoms with E-state index >= 15 is 4.39 Å². The number of anilines is 1. The average Bonchev–Trinajstić information content (AvgIpc) is 3.50. The number of aliphatic hydroxyl groups excluding tert-OH is 1. The molecule has 5 N–H and O–H groups in total. The number of hydrogen-bond donors (Lipinski definition) is 4. The number of halogens is 3. The van der Waals surface area contributed by atoms with Crippen LogP contribution in [0.4, 0.5) is 19.1 Å². The maximum Gasteiger partial charge on any atom is 0.323 e. The summed E-state index contributed by atoms with van der Waals surface area (Å²) in [6.07, 6.45) is -9.86. The van der Waals surface area contributed by atoms with Gasteiger partial charge in [0, 0.05) is 0 Å². The number of nitrogens with one attached hydrogen (secondary N) is 2. The molecule has 6 atom stereocenters. The lowest BCUT2D eigenvalue weighted by Crippen LogP contribution is -2.52. The van der Waals surface area contributed by atoms with E-state index in [0.29, 0.717) is 0 Å². The third-order valence-corrected chi connectivity index (χ3v) is 9.45. The van der Waals surface area contributed by atoms with Crippen molar-refractivity contribution in [2.24, 2.45) is 0 Å². The first-order valence-corrected chi connectivity index (χ1v) is 16.3. The van der Waals surface area contributed by atoms with Gasteiger partial charge in [-0.2, -0.15) is 4.98 Å². The van der Waals surface area contributed by atoms with Crippen molar-refractivity contribution >= 4 is 52.3 Å². The summed E-state index contributed by atoms with van der Waals surface area (Å²) in [6.45, 7) is -0.417. The molecule has 1 aliphatic rings. The SMILES string of the molecule is CC(C)OC(=O)[C@H](C)NP(=S)(OC[C@@]1(C(F)F)O[C@@H](n2cnc3c(=O)[nH]c(N)nc32)[C@H](F)[C@@H]1O)Oc1ccc2ccccc2c1. The standard InChI is InChI=1S/C27H30F3N6O7PS/c1-13(2)41-24(39)14(3)35-44(45,43-17-9-8-15-6-4-5-7-16(15)10-17)40-11-27(25(29)30)20(37)18(28)23(42-27)36-12-32-19-21(36)33-26(31)34-22(19)38/h4-10,12-14,18,20,23,25,37H,11H2,1-3H3,(H,35,45)(H3,31,33,34,38)/t14-,18+,20-,23+,27+,44?/m0/s1. The number of nitrogen functional groups attached to an aromatic ring is 1. The van der Waals surface area contributed by atoms with E-state index in [-0.39, 0.29) is 22.9 Å². The first-order chi connectivity index (χ1) is 21.2. The van der Waals surface area contributed by atoms with E-state index in [9.17, 15) is 23.5 Å². The molecule has 0 spiro atoms. The third-order valence-electron chi connectivity index (χ3n) is 6.97. The minimum atomic E-state index is -3.94. The Kier molecular flexibility index (Phi) is 9.22. The highest BCUT2D eigenvalue weighted by Gasteiger charge is 2.62. The minimum Gasteiger partial charge on any atom is -0.462 e. The normalized spacial score (nSPS) is 23.9. The van der Waals surface area contributed by atoms with Crippen LogP contribution in [-0.4, -0.2) is 73.6 Å². The van der Waals surface area contributed by atoms with Crippen molar-refractivity contribution < 1.29 is 41.6 Å². The lowest BCUT2D eigenvalue weighted by atomic mass is 9.97. The monoisotopic (exact) mass is 670 g/mol. The number of ether oxygens (including phenoxy) is 2. The van der Waals surface area contributed by atoms with Crippen LogP contribution in [0.3, 0.4) is 0 Å². The summed E-state index contributed by atoms with van der Waals surface area (Å²) < 4.78 is 68.5. The fourth-order valence-corrected chi connectivity index (χ4v) is 7.16. The van der Waals surface area contributed by atoms with Gasteiger partial charge in [-0.3, -0.25) is 19.1 Å². The van der Waals surface area contributed by atoms with Gasteiger partial charge in [0.05, 0.1) is 19.0 Å². The second-order valence-electron chi connectivity index (χ2n) is 10.6. The van der Waals surface area contributed by atoms with E-state index in [1.54, 1.807) is 38.1 Å². The molecule has 4 aromatic rings. The average molecular weight is 671 g/mol. The molecule has 18 heteroatoms. The number of H-pyrrole nitrogens is 1. The quantitative estimate of drug-likeness (QED) is 0.136. The summed E-state index contributed by atoms with van der Waals surface area (Å²) in [4.78, 5) is 34.8. The van der Waals surface area contributed by atoms with Gasteiger partial charge in [0.15, 0.2) is 29.2 Å². The number of carbonyl (C=O) groups is 1. The lowest BCUT2D eigenvalue weighted by molar-refractivity contribution is -0.191. The van der Waals surface area contributed by atoms with E-state index in [2.05, 4.69) is 20.0 Å². The fourth-order valence-electron chi connectivity index (χ4n) is 4.75. The molecular weight excluding hydrogens is 640 g/mol. The van der Waals surface area contributed by atoms with Crippen LogP contribution in [0.15, 0.2) is 53.6 Å². The molecule has 2 aromatic heterocycles. The largest absolute Gasteiger partial charge is 0.462 e. The number of aromatic nitrogens is 4. The van der Waals surface area contributed by atoms with Crippen LogP contribution < -0.4 is 20.9 Å². The van der Waals surface area contributed by atoms with Gasteiger partial charge in [0.2, 0.25) is 5.95 Å². The molecule has 1 saturated heterocycles. The van der Waals surface area contributed by atoms with E-state index in [1.807, 2.05) is 18.2 Å². The van der Waals surface area contributed by atoms with Crippen molar-refractivity contribution in [3.8, 4) is 5.75 Å². The molecule has 0 radical (unpaired) electrons. The van der Waals surface area contributed by atoms with Crippen molar-refractivity contribution in [3.05, 3.63) is 59.1 Å². The molecule has 1 fully saturated rings. The Morgan fingerprint density at radius 3 is 2.67 bits per heavy atom. The molecule has 1 unspecified atom stereocenters. The van der Waals surface area contributed by atoms with Crippen molar-refractivity contribution in [1.82, 2.24) is 24.6 Å². The number of rotatable bonds is 11. The Morgan fingerprint density at radius 2 is 1.98 bits per heavy atom. The molecule has 2 aromatic carbocycles. The number of fused-ring (bicyclic) bond motifs is 2. The van der Waals surface area contributed by atoms with Crippen molar-refractivity contribution in [1.29, 1.82) is 0 Å². The molecule has 242 valence electrons. The van der Waals surface area contributed by atoms with Crippen LogP contribution >= 0.6 is 6.64 Å². The predicted octanol–water partition coefficient (Wildman–Crippen LogP) is 3.34. The van der Waals surface area contributed by atoms with Crippen molar-refractivity contribution in [2.75, 3.05) is 12.3 Å². The number of alkyl halides is 3. The van der Waals surface area contributed by atoms with Crippen molar-refractivity contribution in [3.63, 3.8) is 0 Å². The Bertz CT molecular complexity index is 1830. The van der Waals surface area contributed by atoms with Crippen LogP contribution in [-0.2, 0) is 30.6 Å². The number of hydrogen-bond acceptors (Lipinski definition) is 11. The summed E-state index contributed by atoms with van der Waals surface area (Å²) in [5.41, 5.74) is 1.35. The highest BCUT2D eigenvalue weighted by atomic mass is 32.5. The molecular formula is C27H30F3N6O7PS. The van der Waals surface area contributed by atoms with Gasteiger partial charge in [-0.1, -0.05) is 30.3 Å². The van der Waals surface area contributed by atoms with Crippen LogP contribution in [0.2, 0.25) is 0 Å². The molecule has 13 nitrogen and oxygen atoms in total. The highest BCUT2D eigenvalue weighted by Crippen LogP contribution is 2.50.